The highest BCUT2D eigenvalue weighted by atomic mass is 16.2. The van der Waals surface area contributed by atoms with Crippen molar-refractivity contribution in [3.05, 3.63) is 76.7 Å². The summed E-state index contributed by atoms with van der Waals surface area (Å²) < 4.78 is 0. The van der Waals surface area contributed by atoms with Crippen molar-refractivity contribution in [2.24, 2.45) is 0 Å². The molecule has 4 amide bonds. The maximum atomic E-state index is 13.2. The highest BCUT2D eigenvalue weighted by Crippen LogP contribution is 2.31. The summed E-state index contributed by atoms with van der Waals surface area (Å²) in [7, 11) is 0. The Morgan fingerprint density at radius 2 is 1.69 bits per heavy atom. The number of anilines is 1. The molecule has 160 valence electrons. The summed E-state index contributed by atoms with van der Waals surface area (Å²) in [6.45, 7) is 1.20. The van der Waals surface area contributed by atoms with Crippen LogP contribution in [0.3, 0.4) is 0 Å². The molecule has 1 atom stereocenters. The van der Waals surface area contributed by atoms with Gasteiger partial charge in [-0.15, -0.1) is 0 Å². The number of aromatic nitrogens is 2. The van der Waals surface area contributed by atoms with Gasteiger partial charge in [0.1, 0.15) is 12.1 Å². The Balaban J connectivity index is 1.35. The predicted molar refractivity (Wildman–Crippen MR) is 119 cm³/mol. The molecule has 9 heteroatoms. The minimum atomic E-state index is -1.27. The molecule has 1 fully saturated rings. The van der Waals surface area contributed by atoms with Crippen LogP contribution in [0.4, 0.5) is 10.5 Å². The average Bonchev–Trinajstić information content (AvgIpc) is 3.24. The van der Waals surface area contributed by atoms with Crippen molar-refractivity contribution in [1.29, 1.82) is 0 Å². The third kappa shape index (κ3) is 3.20. The van der Waals surface area contributed by atoms with E-state index in [-0.39, 0.29) is 5.69 Å². The lowest BCUT2D eigenvalue weighted by Gasteiger charge is -2.22. The minimum Gasteiger partial charge on any atom is -0.324 e. The Morgan fingerprint density at radius 3 is 2.50 bits per heavy atom. The van der Waals surface area contributed by atoms with E-state index in [2.05, 4.69) is 20.6 Å². The second-order valence-corrected chi connectivity index (χ2v) is 7.90. The lowest BCUT2D eigenvalue weighted by Crippen LogP contribution is -2.42. The number of imide groups is 1. The van der Waals surface area contributed by atoms with Gasteiger partial charge in [-0.3, -0.25) is 14.5 Å². The summed E-state index contributed by atoms with van der Waals surface area (Å²) in [6.07, 6.45) is 0. The maximum absolute atomic E-state index is 13.2. The van der Waals surface area contributed by atoms with Gasteiger partial charge in [0.25, 0.3) is 5.91 Å². The lowest BCUT2D eigenvalue weighted by atomic mass is 9.90. The van der Waals surface area contributed by atoms with E-state index in [1.165, 1.54) is 0 Å². The molecule has 0 spiro atoms. The van der Waals surface area contributed by atoms with Crippen LogP contribution in [-0.4, -0.2) is 39.3 Å². The van der Waals surface area contributed by atoms with Crippen molar-refractivity contribution in [2.45, 2.75) is 12.5 Å². The molecule has 2 heterocycles. The first kappa shape index (κ1) is 19.6. The molecule has 9 nitrogen and oxygen atoms in total. The molecular formula is C23H19N5O4. The number of carbonyl (C=O) groups is 3. The SMILES string of the molecule is C[C@]1(c2ccc3ccccc3c2)NC(=O)N(CC(=O)Nc2ccc3[nH]c(=O)[nH]c3c2)C1=O. The molecule has 3 aromatic carbocycles. The highest BCUT2D eigenvalue weighted by molar-refractivity contribution is 6.10. The normalized spacial score (nSPS) is 18.3. The topological polar surface area (TPSA) is 127 Å². The molecule has 5 rings (SSSR count). The first-order valence-corrected chi connectivity index (χ1v) is 9.99. The number of hydrogen-bond acceptors (Lipinski definition) is 4. The van der Waals surface area contributed by atoms with Crippen molar-refractivity contribution in [3.8, 4) is 0 Å². The zero-order valence-corrected chi connectivity index (χ0v) is 17.1. The van der Waals surface area contributed by atoms with E-state index in [1.54, 1.807) is 31.2 Å². The summed E-state index contributed by atoms with van der Waals surface area (Å²) in [5, 5.41) is 7.34. The number of urea groups is 1. The van der Waals surface area contributed by atoms with Crippen molar-refractivity contribution < 1.29 is 14.4 Å². The fraction of sp³-hybridized carbons (Fsp3) is 0.130. The summed E-state index contributed by atoms with van der Waals surface area (Å²) in [4.78, 5) is 55.8. The minimum absolute atomic E-state index is 0.351. The average molecular weight is 429 g/mol. The fourth-order valence-electron chi connectivity index (χ4n) is 3.99. The summed E-state index contributed by atoms with van der Waals surface area (Å²) >= 11 is 0. The van der Waals surface area contributed by atoms with Crippen molar-refractivity contribution in [1.82, 2.24) is 20.2 Å². The van der Waals surface area contributed by atoms with Gasteiger partial charge in [-0.2, -0.15) is 0 Å². The molecule has 4 N–H and O–H groups in total. The second-order valence-electron chi connectivity index (χ2n) is 7.90. The highest BCUT2D eigenvalue weighted by Gasteiger charge is 2.49. The number of rotatable bonds is 4. The molecule has 4 aromatic rings. The van der Waals surface area contributed by atoms with Crippen molar-refractivity contribution in [2.75, 3.05) is 11.9 Å². The first-order valence-electron chi connectivity index (χ1n) is 9.99. The predicted octanol–water partition coefficient (Wildman–Crippen LogP) is 2.42. The van der Waals surface area contributed by atoms with Crippen LogP contribution in [0.25, 0.3) is 21.8 Å². The summed E-state index contributed by atoms with van der Waals surface area (Å²) in [6, 6.07) is 17.5. The van der Waals surface area contributed by atoms with Gasteiger partial charge >= 0.3 is 11.7 Å². The number of H-pyrrole nitrogens is 2. The fourth-order valence-corrected chi connectivity index (χ4v) is 3.99. The molecular weight excluding hydrogens is 410 g/mol. The Kier molecular flexibility index (Phi) is 4.33. The Labute approximate surface area is 181 Å². The van der Waals surface area contributed by atoms with Crippen LogP contribution in [0.1, 0.15) is 12.5 Å². The molecule has 1 saturated heterocycles. The second kappa shape index (κ2) is 7.09. The van der Waals surface area contributed by atoms with Crippen molar-refractivity contribution >= 4 is 45.3 Å². The quantitative estimate of drug-likeness (QED) is 0.372. The maximum Gasteiger partial charge on any atom is 0.325 e. The van der Waals surface area contributed by atoms with E-state index in [0.717, 1.165) is 15.7 Å². The monoisotopic (exact) mass is 429 g/mol. The summed E-state index contributed by atoms with van der Waals surface area (Å²) in [5.74, 6) is -1.04. The van der Waals surface area contributed by atoms with Gasteiger partial charge in [-0.25, -0.2) is 9.59 Å². The number of aromatic amines is 2. The molecule has 0 radical (unpaired) electrons. The number of hydrogen-bond donors (Lipinski definition) is 4. The Morgan fingerprint density at radius 1 is 0.938 bits per heavy atom. The van der Waals surface area contributed by atoms with Gasteiger partial charge in [0.15, 0.2) is 0 Å². The zero-order chi connectivity index (χ0) is 22.5. The zero-order valence-electron chi connectivity index (χ0n) is 17.1. The molecule has 0 aliphatic carbocycles. The van der Waals surface area contributed by atoms with Gasteiger partial charge < -0.3 is 20.6 Å². The van der Waals surface area contributed by atoms with E-state index in [4.69, 9.17) is 0 Å². The van der Waals surface area contributed by atoms with E-state index in [0.29, 0.717) is 22.3 Å². The van der Waals surface area contributed by atoms with Gasteiger partial charge in [-0.05, 0) is 47.5 Å². The van der Waals surface area contributed by atoms with Gasteiger partial charge in [0.2, 0.25) is 5.91 Å². The number of amides is 4. The number of carbonyl (C=O) groups excluding carboxylic acids is 3. The number of benzene rings is 3. The molecule has 0 unspecified atom stereocenters. The van der Waals surface area contributed by atoms with Crippen LogP contribution < -0.4 is 16.3 Å². The van der Waals surface area contributed by atoms with Crippen molar-refractivity contribution in [3.63, 3.8) is 0 Å². The summed E-state index contributed by atoms with van der Waals surface area (Å²) in [5.41, 5.74) is 0.586. The largest absolute Gasteiger partial charge is 0.325 e. The molecule has 0 saturated carbocycles. The van der Waals surface area contributed by atoms with Crippen LogP contribution in [-0.2, 0) is 15.1 Å². The number of fused-ring (bicyclic) bond motifs is 2. The van der Waals surface area contributed by atoms with Gasteiger partial charge in [-0.1, -0.05) is 36.4 Å². The van der Waals surface area contributed by atoms with Crippen LogP contribution in [0.5, 0.6) is 0 Å². The Hall–Kier alpha value is -4.40. The van der Waals surface area contributed by atoms with Gasteiger partial charge in [0, 0.05) is 5.69 Å². The molecule has 32 heavy (non-hydrogen) atoms. The molecule has 1 aromatic heterocycles. The number of nitrogens with one attached hydrogen (secondary N) is 4. The standard InChI is InChI=1S/C23H19N5O4/c1-23(15-7-6-13-4-2-3-5-14(13)10-15)20(30)28(22(32)27-23)12-19(29)24-16-8-9-17-18(11-16)26-21(31)25-17/h2-11H,12H2,1H3,(H,24,29)(H,27,32)(H2,25,26,31)/t23-/m1/s1. The van der Waals surface area contributed by atoms with E-state index < -0.39 is 29.9 Å². The number of imidazole rings is 1. The third-order valence-electron chi connectivity index (χ3n) is 5.70. The van der Waals surface area contributed by atoms with Crippen LogP contribution >= 0.6 is 0 Å². The van der Waals surface area contributed by atoms with Crippen LogP contribution in [0.2, 0.25) is 0 Å². The van der Waals surface area contributed by atoms with E-state index in [9.17, 15) is 19.2 Å². The van der Waals surface area contributed by atoms with E-state index in [1.807, 2.05) is 36.4 Å². The smallest absolute Gasteiger partial charge is 0.324 e. The molecule has 1 aliphatic rings. The van der Waals surface area contributed by atoms with Crippen LogP contribution in [0.15, 0.2) is 65.5 Å². The van der Waals surface area contributed by atoms with Gasteiger partial charge in [0.05, 0.1) is 11.0 Å². The van der Waals surface area contributed by atoms with Crippen LogP contribution in [0, 0.1) is 0 Å². The van der Waals surface area contributed by atoms with E-state index >= 15 is 0 Å². The lowest BCUT2D eigenvalue weighted by molar-refractivity contribution is -0.133. The third-order valence-corrected chi connectivity index (χ3v) is 5.70. The molecule has 1 aliphatic heterocycles. The Bertz CT molecular complexity index is 1470. The first-order chi connectivity index (χ1) is 15.3. The molecule has 0 bridgehead atoms. The number of nitrogens with zero attached hydrogens (tertiary/aromatic N) is 1.